The van der Waals surface area contributed by atoms with Crippen LogP contribution in [0.4, 0.5) is 0 Å². The number of carboxylic acid groups (broad SMARTS) is 1. The highest BCUT2D eigenvalue weighted by Crippen LogP contribution is 2.64. The molecule has 180 valence electrons. The van der Waals surface area contributed by atoms with Crippen molar-refractivity contribution in [3.05, 3.63) is 41.5 Å². The average Bonchev–Trinajstić information content (AvgIpc) is 3.58. The van der Waals surface area contributed by atoms with Gasteiger partial charge in [-0.05, 0) is 61.1 Å². The average molecular weight is 466 g/mol. The summed E-state index contributed by atoms with van der Waals surface area (Å²) in [6, 6.07) is 9.50. The van der Waals surface area contributed by atoms with Gasteiger partial charge in [0.05, 0.1) is 26.2 Å². The highest BCUT2D eigenvalue weighted by atomic mass is 16.5. The molecule has 0 bridgehead atoms. The van der Waals surface area contributed by atoms with Crippen LogP contribution in [0, 0.1) is 10.8 Å². The number of aliphatic carboxylic acids is 1. The van der Waals surface area contributed by atoms with Crippen molar-refractivity contribution in [2.45, 2.75) is 51.5 Å². The molecule has 3 aliphatic rings. The lowest BCUT2D eigenvalue weighted by molar-refractivity contribution is -0.158. The summed E-state index contributed by atoms with van der Waals surface area (Å²) < 4.78 is 17.7. The summed E-state index contributed by atoms with van der Waals surface area (Å²) in [6.45, 7) is 0.816. The van der Waals surface area contributed by atoms with Gasteiger partial charge in [0.25, 0.3) is 5.91 Å². The van der Waals surface area contributed by atoms with Crippen LogP contribution in [0.25, 0.3) is 11.1 Å². The van der Waals surface area contributed by atoms with Crippen molar-refractivity contribution in [3.63, 3.8) is 0 Å². The number of carbonyl (C=O) groups excluding carboxylic acids is 1. The van der Waals surface area contributed by atoms with Crippen LogP contribution in [0.1, 0.15) is 60.9 Å². The molecule has 0 unspecified atom stereocenters. The fraction of sp³-hybridized carbons (Fsp3) is 0.481. The van der Waals surface area contributed by atoms with E-state index in [1.165, 1.54) is 0 Å². The maximum atomic E-state index is 12.5. The Hall–Kier alpha value is -3.22. The van der Waals surface area contributed by atoms with E-state index in [0.29, 0.717) is 48.8 Å². The number of ether oxygens (including phenoxy) is 3. The van der Waals surface area contributed by atoms with Gasteiger partial charge < -0.3 is 24.6 Å². The molecule has 1 aliphatic heterocycles. The Morgan fingerprint density at radius 2 is 1.71 bits per heavy atom. The largest absolute Gasteiger partial charge is 0.493 e. The first-order valence-corrected chi connectivity index (χ1v) is 12.0. The second kappa shape index (κ2) is 8.53. The predicted molar refractivity (Wildman–Crippen MR) is 126 cm³/mol. The zero-order chi connectivity index (χ0) is 23.9. The summed E-state index contributed by atoms with van der Waals surface area (Å²) in [5.74, 6) is 0.823. The molecule has 2 saturated carbocycles. The van der Waals surface area contributed by atoms with E-state index in [-0.39, 0.29) is 11.3 Å². The first-order chi connectivity index (χ1) is 16.4. The number of fused-ring (bicyclic) bond motifs is 1. The molecule has 0 radical (unpaired) electrons. The molecule has 2 N–H and O–H groups in total. The summed E-state index contributed by atoms with van der Waals surface area (Å²) in [7, 11) is 3.16. The quantitative estimate of drug-likeness (QED) is 0.581. The monoisotopic (exact) mass is 465 g/mol. The Morgan fingerprint density at radius 1 is 0.971 bits per heavy atom. The van der Waals surface area contributed by atoms with Gasteiger partial charge in [-0.2, -0.15) is 0 Å². The first-order valence-electron chi connectivity index (χ1n) is 12.0. The van der Waals surface area contributed by atoms with E-state index in [1.807, 2.05) is 30.3 Å². The summed E-state index contributed by atoms with van der Waals surface area (Å²) >= 11 is 0. The molecule has 34 heavy (non-hydrogen) atoms. The highest BCUT2D eigenvalue weighted by Gasteiger charge is 2.63. The normalized spacial score (nSPS) is 19.6. The summed E-state index contributed by atoms with van der Waals surface area (Å²) in [6.07, 6.45) is 6.11. The molecule has 1 amide bonds. The van der Waals surface area contributed by atoms with Crippen molar-refractivity contribution in [1.82, 2.24) is 5.32 Å². The van der Waals surface area contributed by atoms with E-state index in [4.69, 9.17) is 14.2 Å². The molecular weight excluding hydrogens is 434 g/mol. The van der Waals surface area contributed by atoms with Crippen LogP contribution >= 0.6 is 0 Å². The third-order valence-electron chi connectivity index (χ3n) is 8.08. The number of hydrogen-bond acceptors (Lipinski definition) is 5. The van der Waals surface area contributed by atoms with Gasteiger partial charge in [0, 0.05) is 23.1 Å². The zero-order valence-corrected chi connectivity index (χ0v) is 19.7. The Bertz CT molecular complexity index is 1130. The summed E-state index contributed by atoms with van der Waals surface area (Å²) in [4.78, 5) is 24.5. The zero-order valence-electron chi connectivity index (χ0n) is 19.7. The second-order valence-electron chi connectivity index (χ2n) is 9.75. The van der Waals surface area contributed by atoms with E-state index in [9.17, 15) is 14.7 Å². The summed E-state index contributed by atoms with van der Waals surface area (Å²) in [5, 5.41) is 13.1. The van der Waals surface area contributed by atoms with Crippen molar-refractivity contribution in [2.75, 3.05) is 20.8 Å². The highest BCUT2D eigenvalue weighted by molar-refractivity contribution is 5.99. The van der Waals surface area contributed by atoms with Gasteiger partial charge >= 0.3 is 5.97 Å². The molecule has 0 spiro atoms. The van der Waals surface area contributed by atoms with Gasteiger partial charge in [0.15, 0.2) is 11.5 Å². The standard InChI is InChI=1S/C27H31NO6/c1-32-21-9-8-19(17-6-7-20-18(14-17)15-28-24(20)29)22(23(21)33-2)34-16-26(12-13-26)27(25(30)31)10-4-3-5-11-27/h6-9,14H,3-5,10-13,15-16H2,1-2H3,(H,28,29)(H,30,31). The molecule has 0 atom stereocenters. The molecule has 2 aromatic carbocycles. The van der Waals surface area contributed by atoms with Crippen LogP contribution in [-0.2, 0) is 11.3 Å². The Labute approximate surface area is 199 Å². The third-order valence-corrected chi connectivity index (χ3v) is 8.08. The van der Waals surface area contributed by atoms with Gasteiger partial charge in [-0.1, -0.05) is 25.3 Å². The molecular formula is C27H31NO6. The Morgan fingerprint density at radius 3 is 2.35 bits per heavy atom. The van der Waals surface area contributed by atoms with Crippen LogP contribution < -0.4 is 19.5 Å². The summed E-state index contributed by atoms with van der Waals surface area (Å²) in [5.41, 5.74) is 2.26. The number of methoxy groups -OCH3 is 2. The lowest BCUT2D eigenvalue weighted by Crippen LogP contribution is -2.44. The minimum Gasteiger partial charge on any atom is -0.493 e. The van der Waals surface area contributed by atoms with Crippen molar-refractivity contribution < 1.29 is 28.9 Å². The molecule has 2 aromatic rings. The van der Waals surface area contributed by atoms with Gasteiger partial charge in [-0.3, -0.25) is 9.59 Å². The molecule has 2 aliphatic carbocycles. The van der Waals surface area contributed by atoms with Gasteiger partial charge in [-0.15, -0.1) is 0 Å². The molecule has 0 saturated heterocycles. The Balaban J connectivity index is 1.52. The molecule has 7 heteroatoms. The van der Waals surface area contributed by atoms with Crippen molar-refractivity contribution >= 4 is 11.9 Å². The van der Waals surface area contributed by atoms with Crippen LogP contribution in [0.15, 0.2) is 30.3 Å². The van der Waals surface area contributed by atoms with Crippen LogP contribution in [0.3, 0.4) is 0 Å². The number of benzene rings is 2. The van der Waals surface area contributed by atoms with Gasteiger partial charge in [-0.25, -0.2) is 0 Å². The predicted octanol–water partition coefficient (Wildman–Crippen LogP) is 4.81. The minimum absolute atomic E-state index is 0.0625. The lowest BCUT2D eigenvalue weighted by atomic mass is 9.64. The number of carboxylic acids is 1. The maximum absolute atomic E-state index is 12.5. The van der Waals surface area contributed by atoms with Crippen LogP contribution in [0.5, 0.6) is 17.2 Å². The minimum atomic E-state index is -0.725. The maximum Gasteiger partial charge on any atom is 0.310 e. The molecule has 5 rings (SSSR count). The fourth-order valence-electron chi connectivity index (χ4n) is 5.92. The molecule has 2 fully saturated rings. The van der Waals surface area contributed by atoms with Crippen molar-refractivity contribution in [1.29, 1.82) is 0 Å². The van der Waals surface area contributed by atoms with Crippen LogP contribution in [-0.4, -0.2) is 37.8 Å². The third kappa shape index (κ3) is 3.49. The molecule has 0 aromatic heterocycles. The number of hydrogen-bond donors (Lipinski definition) is 2. The first kappa shape index (κ1) is 22.6. The number of amides is 1. The topological polar surface area (TPSA) is 94.1 Å². The SMILES string of the molecule is COc1ccc(-c2ccc3c(c2)CNC3=O)c(OCC2(C3(C(=O)O)CCCCC3)CC2)c1OC. The van der Waals surface area contributed by atoms with E-state index in [0.717, 1.165) is 48.8 Å². The van der Waals surface area contributed by atoms with Crippen molar-refractivity contribution in [3.8, 4) is 28.4 Å². The Kier molecular flexibility index (Phi) is 5.66. The van der Waals surface area contributed by atoms with E-state index in [2.05, 4.69) is 5.32 Å². The van der Waals surface area contributed by atoms with E-state index >= 15 is 0 Å². The van der Waals surface area contributed by atoms with Crippen LogP contribution in [0.2, 0.25) is 0 Å². The number of carbonyl (C=O) groups is 2. The number of rotatable bonds is 8. The second-order valence-corrected chi connectivity index (χ2v) is 9.75. The molecule has 1 heterocycles. The van der Waals surface area contributed by atoms with E-state index < -0.39 is 11.4 Å². The number of nitrogens with one attached hydrogen (secondary N) is 1. The smallest absolute Gasteiger partial charge is 0.310 e. The van der Waals surface area contributed by atoms with E-state index in [1.54, 1.807) is 14.2 Å². The van der Waals surface area contributed by atoms with Crippen molar-refractivity contribution in [2.24, 2.45) is 10.8 Å². The molecule has 7 nitrogen and oxygen atoms in total. The van der Waals surface area contributed by atoms with Gasteiger partial charge in [0.1, 0.15) is 0 Å². The van der Waals surface area contributed by atoms with Gasteiger partial charge in [0.2, 0.25) is 5.75 Å². The lowest BCUT2D eigenvalue weighted by Gasteiger charge is -2.40. The fourth-order valence-corrected chi connectivity index (χ4v) is 5.92.